The third kappa shape index (κ3) is 6.12. The van der Waals surface area contributed by atoms with Crippen LogP contribution in [0.3, 0.4) is 0 Å². The molecule has 0 radical (unpaired) electrons. The smallest absolute Gasteiger partial charge is 0.0833 e. The van der Waals surface area contributed by atoms with Crippen molar-refractivity contribution in [2.24, 2.45) is 0 Å². The minimum Gasteiger partial charge on any atom is -0.309 e. The number of nitrogens with zero attached hydrogens (tertiary/aromatic N) is 1. The van der Waals surface area contributed by atoms with E-state index in [-0.39, 0.29) is 21.7 Å². The number of fused-ring (bicyclic) bond motifs is 2. The Bertz CT molecular complexity index is 1970. The molecule has 3 heteroatoms. The fourth-order valence-electron chi connectivity index (χ4n) is 8.27. The van der Waals surface area contributed by atoms with E-state index < -0.39 is 0 Å². The molecule has 0 saturated heterocycles. The molecule has 0 amide bonds. The predicted octanol–water partition coefficient (Wildman–Crippen LogP) is 14.5. The van der Waals surface area contributed by atoms with Gasteiger partial charge < -0.3 is 4.90 Å². The van der Waals surface area contributed by atoms with Crippen molar-refractivity contribution in [3.8, 4) is 22.3 Å². The van der Waals surface area contributed by atoms with Gasteiger partial charge in [-0.1, -0.05) is 139 Å². The first-order chi connectivity index (χ1) is 23.1. The zero-order valence-electron chi connectivity index (χ0n) is 30.3. The maximum Gasteiger partial charge on any atom is 0.0833 e. The van der Waals surface area contributed by atoms with Crippen LogP contribution in [0, 0.1) is 0 Å². The highest BCUT2D eigenvalue weighted by Gasteiger charge is 2.39. The average Bonchev–Trinajstić information content (AvgIpc) is 3.08. The molecule has 0 fully saturated rings. The number of halogens is 2. The van der Waals surface area contributed by atoms with Crippen LogP contribution >= 0.6 is 23.2 Å². The Kier molecular flexibility index (Phi) is 8.36. The molecule has 0 bridgehead atoms. The van der Waals surface area contributed by atoms with E-state index in [4.69, 9.17) is 23.2 Å². The Morgan fingerprint density at radius 3 is 1.39 bits per heavy atom. The molecule has 0 saturated carbocycles. The normalized spacial score (nSPS) is 18.3. The molecule has 0 unspecified atom stereocenters. The second-order valence-corrected chi connectivity index (χ2v) is 17.9. The summed E-state index contributed by atoms with van der Waals surface area (Å²) < 4.78 is 0. The molecule has 0 aromatic heterocycles. The number of hydrogen-bond acceptors (Lipinski definition) is 1. The summed E-state index contributed by atoms with van der Waals surface area (Å²) >= 11 is 14.4. The maximum absolute atomic E-state index is 7.29. The number of rotatable bonds is 5. The lowest BCUT2D eigenvalue weighted by molar-refractivity contribution is 0.332. The van der Waals surface area contributed by atoms with Gasteiger partial charge in [0.2, 0.25) is 0 Å². The fourth-order valence-corrected chi connectivity index (χ4v) is 8.68. The first-order valence-electron chi connectivity index (χ1n) is 17.8. The van der Waals surface area contributed by atoms with Crippen LogP contribution in [0.4, 0.5) is 17.1 Å². The molecular formula is C46H49Cl2N. The van der Waals surface area contributed by atoms with Crippen molar-refractivity contribution in [3.63, 3.8) is 0 Å². The minimum absolute atomic E-state index is 0.0650. The molecule has 1 nitrogen and oxygen atoms in total. The van der Waals surface area contributed by atoms with Gasteiger partial charge in [-0.25, -0.2) is 0 Å². The Hall–Kier alpha value is -3.52. The van der Waals surface area contributed by atoms with Crippen LogP contribution in [0.25, 0.3) is 22.3 Å². The molecule has 2 aliphatic carbocycles. The van der Waals surface area contributed by atoms with Crippen molar-refractivity contribution in [2.75, 3.05) is 4.90 Å². The van der Waals surface area contributed by atoms with Crippen LogP contribution in [0.1, 0.15) is 103 Å². The van der Waals surface area contributed by atoms with Crippen LogP contribution in [-0.2, 0) is 21.7 Å². The van der Waals surface area contributed by atoms with Crippen LogP contribution in [0.5, 0.6) is 0 Å². The number of hydrogen-bond donors (Lipinski definition) is 0. The summed E-state index contributed by atoms with van der Waals surface area (Å²) in [4.78, 5) is 2.36. The third-order valence-corrected chi connectivity index (χ3v) is 12.5. The van der Waals surface area contributed by atoms with Crippen molar-refractivity contribution in [1.29, 1.82) is 0 Å². The molecule has 0 atom stereocenters. The van der Waals surface area contributed by atoms with Crippen molar-refractivity contribution in [3.05, 3.63) is 135 Å². The summed E-state index contributed by atoms with van der Waals surface area (Å²) in [5.41, 5.74) is 13.7. The van der Waals surface area contributed by atoms with Crippen molar-refractivity contribution < 1.29 is 0 Å². The first-order valence-corrected chi connectivity index (χ1v) is 18.6. The largest absolute Gasteiger partial charge is 0.309 e. The third-order valence-electron chi connectivity index (χ3n) is 11.7. The lowest BCUT2D eigenvalue weighted by Crippen LogP contribution is -2.34. The van der Waals surface area contributed by atoms with Gasteiger partial charge in [-0.15, -0.1) is 0 Å². The molecule has 0 spiro atoms. The van der Waals surface area contributed by atoms with Crippen molar-refractivity contribution in [2.45, 2.75) is 103 Å². The monoisotopic (exact) mass is 685 g/mol. The molecule has 5 aromatic carbocycles. The molecule has 49 heavy (non-hydrogen) atoms. The van der Waals surface area contributed by atoms with E-state index in [9.17, 15) is 0 Å². The van der Waals surface area contributed by atoms with Gasteiger partial charge in [0.25, 0.3) is 0 Å². The zero-order chi connectivity index (χ0) is 34.9. The van der Waals surface area contributed by atoms with E-state index in [0.717, 1.165) is 41.0 Å². The first kappa shape index (κ1) is 34.0. The molecule has 2 aliphatic rings. The van der Waals surface area contributed by atoms with Gasteiger partial charge in [0.05, 0.1) is 15.7 Å². The lowest BCUT2D eigenvalue weighted by Gasteiger charge is -2.43. The molecular weight excluding hydrogens is 637 g/mol. The van der Waals surface area contributed by atoms with E-state index in [0.29, 0.717) is 10.0 Å². The van der Waals surface area contributed by atoms with Crippen molar-refractivity contribution in [1.82, 2.24) is 0 Å². The van der Waals surface area contributed by atoms with Gasteiger partial charge >= 0.3 is 0 Å². The summed E-state index contributed by atoms with van der Waals surface area (Å²) in [6.07, 6.45) is 4.66. The average molecular weight is 687 g/mol. The standard InChI is InChI=1S/C46H49Cl2N/c1-43(2)21-23-45(5,6)38-28-34(17-19-36(38)43)49(35-18-20-37-39(29-35)46(7,8)24-22-44(37,3)4)41-27-33(26-40(47)42(41)48)32-16-12-15-31(25-32)30-13-10-9-11-14-30/h9-20,25-29H,21-24H2,1-8H3. The maximum atomic E-state index is 7.29. The molecule has 0 aliphatic heterocycles. The van der Waals surface area contributed by atoms with E-state index in [2.05, 4.69) is 157 Å². The minimum atomic E-state index is 0.0650. The second kappa shape index (κ2) is 12.1. The van der Waals surface area contributed by atoms with Crippen LogP contribution in [0.2, 0.25) is 10.0 Å². The molecule has 5 aromatic rings. The Labute approximate surface area is 304 Å². The van der Waals surface area contributed by atoms with Gasteiger partial charge in [-0.2, -0.15) is 0 Å². The SMILES string of the molecule is CC1(C)CCC(C)(C)c2cc(N(c3ccc4c(c3)C(C)(C)CCC4(C)C)c3cc(-c4cccc(-c5ccccc5)c4)cc(Cl)c3Cl)ccc21. The quantitative estimate of drug-likeness (QED) is 0.178. The molecule has 7 rings (SSSR count). The summed E-state index contributed by atoms with van der Waals surface area (Å²) in [5.74, 6) is 0. The van der Waals surface area contributed by atoms with Gasteiger partial charge in [0, 0.05) is 11.4 Å². The lowest BCUT2D eigenvalue weighted by atomic mass is 9.63. The van der Waals surface area contributed by atoms with Gasteiger partial charge in [0.15, 0.2) is 0 Å². The predicted molar refractivity (Wildman–Crippen MR) is 213 cm³/mol. The van der Waals surface area contributed by atoms with Gasteiger partial charge in [-0.05, 0) is 134 Å². The molecule has 0 heterocycles. The highest BCUT2D eigenvalue weighted by Crippen LogP contribution is 2.52. The zero-order valence-corrected chi connectivity index (χ0v) is 31.9. The summed E-state index contributed by atoms with van der Waals surface area (Å²) in [6.45, 7) is 19.1. The van der Waals surface area contributed by atoms with E-state index >= 15 is 0 Å². The summed E-state index contributed by atoms with van der Waals surface area (Å²) in [7, 11) is 0. The highest BCUT2D eigenvalue weighted by molar-refractivity contribution is 6.44. The fraction of sp³-hybridized carbons (Fsp3) is 0.348. The Morgan fingerprint density at radius 2 is 0.878 bits per heavy atom. The van der Waals surface area contributed by atoms with Crippen LogP contribution < -0.4 is 4.90 Å². The van der Waals surface area contributed by atoms with E-state index in [1.54, 1.807) is 0 Å². The molecule has 0 N–H and O–H groups in total. The van der Waals surface area contributed by atoms with Gasteiger partial charge in [-0.3, -0.25) is 0 Å². The topological polar surface area (TPSA) is 3.24 Å². The Morgan fingerprint density at radius 1 is 0.429 bits per heavy atom. The second-order valence-electron chi connectivity index (χ2n) is 17.1. The Balaban J connectivity index is 1.46. The van der Waals surface area contributed by atoms with Gasteiger partial charge in [0.1, 0.15) is 0 Å². The summed E-state index contributed by atoms with van der Waals surface area (Å²) in [6, 6.07) is 37.6. The molecule has 252 valence electrons. The highest BCUT2D eigenvalue weighted by atomic mass is 35.5. The number of benzene rings is 5. The van der Waals surface area contributed by atoms with Crippen LogP contribution in [0.15, 0.2) is 103 Å². The van der Waals surface area contributed by atoms with Crippen molar-refractivity contribution >= 4 is 40.3 Å². The van der Waals surface area contributed by atoms with E-state index in [1.807, 2.05) is 6.07 Å². The van der Waals surface area contributed by atoms with E-state index in [1.165, 1.54) is 46.2 Å². The summed E-state index contributed by atoms with van der Waals surface area (Å²) in [5, 5.41) is 1.10. The van der Waals surface area contributed by atoms with Crippen LogP contribution in [-0.4, -0.2) is 0 Å². The number of anilines is 3.